The molecular weight excluding hydrogens is 484 g/mol. The van der Waals surface area contributed by atoms with Crippen LogP contribution in [0.4, 0.5) is 34.1 Å². The Hall–Kier alpha value is -5.34. The Kier molecular flexibility index (Phi) is 6.20. The van der Waals surface area contributed by atoms with Crippen molar-refractivity contribution in [2.75, 3.05) is 9.80 Å². The second kappa shape index (κ2) is 10.4. The Balaban J connectivity index is 1.38. The quantitative estimate of drug-likeness (QED) is 0.219. The molecule has 0 aliphatic heterocycles. The van der Waals surface area contributed by atoms with Crippen LogP contribution in [0.3, 0.4) is 0 Å². The van der Waals surface area contributed by atoms with Crippen LogP contribution in [0.2, 0.25) is 0 Å². The maximum Gasteiger partial charge on any atom is 0.0540 e. The van der Waals surface area contributed by atoms with Gasteiger partial charge in [0, 0.05) is 33.8 Å². The summed E-state index contributed by atoms with van der Waals surface area (Å²) in [6.07, 6.45) is 0. The van der Waals surface area contributed by atoms with Crippen LogP contribution in [0, 0.1) is 0 Å². The topological polar surface area (TPSA) is 6.48 Å². The summed E-state index contributed by atoms with van der Waals surface area (Å²) in [5, 5.41) is 4.90. The second-order valence-electron chi connectivity index (χ2n) is 9.89. The predicted molar refractivity (Wildman–Crippen MR) is 171 cm³/mol. The molecule has 0 aromatic heterocycles. The predicted octanol–water partition coefficient (Wildman–Crippen LogP) is 10.9. The van der Waals surface area contributed by atoms with Crippen molar-refractivity contribution in [1.82, 2.24) is 0 Å². The van der Waals surface area contributed by atoms with Gasteiger partial charge in [0.2, 0.25) is 0 Å². The van der Waals surface area contributed by atoms with E-state index in [2.05, 4.69) is 180 Å². The highest BCUT2D eigenvalue weighted by atomic mass is 15.2. The fourth-order valence-electron chi connectivity index (χ4n) is 5.50. The zero-order chi connectivity index (χ0) is 26.7. The van der Waals surface area contributed by atoms with Crippen molar-refractivity contribution in [3.05, 3.63) is 170 Å². The molecule has 0 aliphatic carbocycles. The summed E-state index contributed by atoms with van der Waals surface area (Å²) in [7, 11) is 0. The van der Waals surface area contributed by atoms with E-state index in [1.54, 1.807) is 0 Å². The van der Waals surface area contributed by atoms with Gasteiger partial charge in [0.05, 0.1) is 5.69 Å². The average Bonchev–Trinajstić information content (AvgIpc) is 3.03. The fraction of sp³-hybridized carbons (Fsp3) is 0. The van der Waals surface area contributed by atoms with E-state index in [0.717, 1.165) is 34.1 Å². The molecule has 0 saturated carbocycles. The molecule has 0 heterocycles. The summed E-state index contributed by atoms with van der Waals surface area (Å²) in [5.41, 5.74) is 6.76. The number of fused-ring (bicyclic) bond motifs is 2. The average molecular weight is 513 g/mol. The van der Waals surface area contributed by atoms with Gasteiger partial charge in [0.15, 0.2) is 0 Å². The molecule has 0 unspecified atom stereocenters. The van der Waals surface area contributed by atoms with Crippen LogP contribution < -0.4 is 9.80 Å². The number of nitrogens with zero attached hydrogens (tertiary/aromatic N) is 2. The van der Waals surface area contributed by atoms with Crippen LogP contribution in [-0.4, -0.2) is 0 Å². The van der Waals surface area contributed by atoms with Gasteiger partial charge in [-0.1, -0.05) is 103 Å². The van der Waals surface area contributed by atoms with Gasteiger partial charge in [0.25, 0.3) is 0 Å². The highest BCUT2D eigenvalue weighted by molar-refractivity contribution is 6.00. The summed E-state index contributed by atoms with van der Waals surface area (Å²) < 4.78 is 0. The van der Waals surface area contributed by atoms with Crippen molar-refractivity contribution in [2.24, 2.45) is 0 Å². The lowest BCUT2D eigenvalue weighted by molar-refractivity contribution is 1.26. The molecule has 190 valence electrons. The molecular formula is C38H28N2. The minimum absolute atomic E-state index is 1.11. The van der Waals surface area contributed by atoms with E-state index in [0.29, 0.717) is 0 Å². The van der Waals surface area contributed by atoms with Crippen LogP contribution >= 0.6 is 0 Å². The van der Waals surface area contributed by atoms with Crippen LogP contribution in [0.25, 0.3) is 21.5 Å². The Morgan fingerprint density at radius 2 is 0.750 bits per heavy atom. The first kappa shape index (κ1) is 23.8. The summed E-state index contributed by atoms with van der Waals surface area (Å²) in [4.78, 5) is 4.66. The second-order valence-corrected chi connectivity index (χ2v) is 9.89. The molecule has 0 atom stereocenters. The third-order valence-electron chi connectivity index (χ3n) is 7.39. The van der Waals surface area contributed by atoms with Gasteiger partial charge in [-0.15, -0.1) is 0 Å². The normalized spacial score (nSPS) is 11.0. The number of benzene rings is 7. The first-order valence-electron chi connectivity index (χ1n) is 13.6. The van der Waals surface area contributed by atoms with Gasteiger partial charge in [0.1, 0.15) is 0 Å². The summed E-state index contributed by atoms with van der Waals surface area (Å²) in [5.74, 6) is 0. The number of anilines is 6. The molecule has 2 nitrogen and oxygen atoms in total. The van der Waals surface area contributed by atoms with E-state index >= 15 is 0 Å². The first-order chi connectivity index (χ1) is 19.8. The van der Waals surface area contributed by atoms with Gasteiger partial charge in [-0.05, 0) is 82.9 Å². The highest BCUT2D eigenvalue weighted by Gasteiger charge is 2.17. The maximum atomic E-state index is 2.37. The van der Waals surface area contributed by atoms with Crippen molar-refractivity contribution in [2.45, 2.75) is 0 Å². The fourth-order valence-corrected chi connectivity index (χ4v) is 5.50. The molecule has 2 heteroatoms. The molecule has 40 heavy (non-hydrogen) atoms. The van der Waals surface area contributed by atoms with Gasteiger partial charge in [-0.3, -0.25) is 0 Å². The monoisotopic (exact) mass is 512 g/mol. The number of hydrogen-bond donors (Lipinski definition) is 0. The Bertz CT molecular complexity index is 1850. The van der Waals surface area contributed by atoms with Crippen molar-refractivity contribution in [1.29, 1.82) is 0 Å². The highest BCUT2D eigenvalue weighted by Crippen LogP contribution is 2.41. The Morgan fingerprint density at radius 3 is 1.43 bits per heavy atom. The third-order valence-corrected chi connectivity index (χ3v) is 7.39. The zero-order valence-electron chi connectivity index (χ0n) is 22.1. The SMILES string of the molecule is c1ccc(N(c2ccccc2)c2ccc(N(c3ccc4ccccc4c3)c3cccc4ccccc34)cc2)cc1. The minimum Gasteiger partial charge on any atom is -0.311 e. The van der Waals surface area contributed by atoms with Crippen molar-refractivity contribution >= 4 is 55.7 Å². The van der Waals surface area contributed by atoms with Crippen LogP contribution in [0.15, 0.2) is 170 Å². The summed E-state index contributed by atoms with van der Waals surface area (Å²) >= 11 is 0. The van der Waals surface area contributed by atoms with E-state index in [1.807, 2.05) is 0 Å². The Morgan fingerprint density at radius 1 is 0.275 bits per heavy atom. The lowest BCUT2D eigenvalue weighted by Gasteiger charge is -2.29. The molecule has 0 fully saturated rings. The molecule has 7 rings (SSSR count). The number of rotatable bonds is 6. The van der Waals surface area contributed by atoms with E-state index in [9.17, 15) is 0 Å². The molecule has 0 saturated heterocycles. The van der Waals surface area contributed by atoms with Crippen LogP contribution in [0.5, 0.6) is 0 Å². The molecule has 0 amide bonds. The molecule has 7 aromatic rings. The smallest absolute Gasteiger partial charge is 0.0540 e. The van der Waals surface area contributed by atoms with E-state index in [-0.39, 0.29) is 0 Å². The molecule has 0 N–H and O–H groups in total. The van der Waals surface area contributed by atoms with Crippen LogP contribution in [0.1, 0.15) is 0 Å². The largest absolute Gasteiger partial charge is 0.311 e. The summed E-state index contributed by atoms with van der Waals surface area (Å²) in [6, 6.07) is 60.3. The zero-order valence-corrected chi connectivity index (χ0v) is 22.1. The van der Waals surface area contributed by atoms with Gasteiger partial charge in [-0.2, -0.15) is 0 Å². The third kappa shape index (κ3) is 4.46. The summed E-state index contributed by atoms with van der Waals surface area (Å²) in [6.45, 7) is 0. The minimum atomic E-state index is 1.11. The van der Waals surface area contributed by atoms with Gasteiger partial charge in [-0.25, -0.2) is 0 Å². The van der Waals surface area contributed by atoms with E-state index < -0.39 is 0 Å². The Labute approximate surface area is 235 Å². The first-order valence-corrected chi connectivity index (χ1v) is 13.6. The molecule has 0 aliphatic rings. The molecule has 0 spiro atoms. The molecule has 0 radical (unpaired) electrons. The van der Waals surface area contributed by atoms with Crippen LogP contribution in [-0.2, 0) is 0 Å². The maximum absolute atomic E-state index is 2.37. The van der Waals surface area contributed by atoms with Gasteiger partial charge >= 0.3 is 0 Å². The lowest BCUT2D eigenvalue weighted by atomic mass is 10.0. The van der Waals surface area contributed by atoms with Gasteiger partial charge < -0.3 is 9.80 Å². The molecule has 7 aromatic carbocycles. The standard InChI is InChI=1S/C38H28N2/c1-3-16-32(17-4-1)39(33-18-5-2-6-19-33)34-24-26-35(27-25-34)40(36-23-22-29-12-7-8-14-31(29)28-36)38-21-11-15-30-13-9-10-20-37(30)38/h1-28H. The van der Waals surface area contributed by atoms with Crippen molar-refractivity contribution in [3.63, 3.8) is 0 Å². The molecule has 0 bridgehead atoms. The lowest BCUT2D eigenvalue weighted by Crippen LogP contribution is -2.12. The van der Waals surface area contributed by atoms with E-state index in [4.69, 9.17) is 0 Å². The van der Waals surface area contributed by atoms with Crippen molar-refractivity contribution in [3.8, 4) is 0 Å². The number of para-hydroxylation sites is 2. The number of hydrogen-bond acceptors (Lipinski definition) is 2. The van der Waals surface area contributed by atoms with Crippen molar-refractivity contribution < 1.29 is 0 Å². The van der Waals surface area contributed by atoms with E-state index in [1.165, 1.54) is 21.5 Å².